The van der Waals surface area contributed by atoms with Crippen LogP contribution in [0.15, 0.2) is 29.2 Å². The first-order chi connectivity index (χ1) is 8.90. The first kappa shape index (κ1) is 12.9. The molecule has 2 N–H and O–H groups in total. The first-order valence-electron chi connectivity index (χ1n) is 5.23. The van der Waals surface area contributed by atoms with Gasteiger partial charge in [-0.05, 0) is 18.2 Å². The molecule has 0 aliphatic rings. The molecule has 0 aliphatic heterocycles. The quantitative estimate of drug-likeness (QED) is 0.873. The van der Waals surface area contributed by atoms with E-state index in [4.69, 9.17) is 5.73 Å². The summed E-state index contributed by atoms with van der Waals surface area (Å²) in [7, 11) is 1.40. The van der Waals surface area contributed by atoms with Crippen molar-refractivity contribution in [2.24, 2.45) is 12.8 Å². The van der Waals surface area contributed by atoms with Gasteiger partial charge in [0.15, 0.2) is 11.6 Å². The van der Waals surface area contributed by atoms with E-state index in [0.29, 0.717) is 0 Å². The maximum Gasteiger partial charge on any atom is 0.347 e. The van der Waals surface area contributed by atoms with Crippen LogP contribution in [0.2, 0.25) is 0 Å². The second-order valence-corrected chi connectivity index (χ2v) is 3.89. The minimum atomic E-state index is -1.10. The molecular weight excluding hydrogens is 256 g/mol. The van der Waals surface area contributed by atoms with E-state index < -0.39 is 23.2 Å². The Morgan fingerprint density at radius 1 is 1.32 bits per heavy atom. The van der Waals surface area contributed by atoms with Crippen molar-refractivity contribution in [1.29, 1.82) is 0 Å². The lowest BCUT2D eigenvalue weighted by Crippen LogP contribution is -2.25. The van der Waals surface area contributed by atoms with E-state index in [1.807, 2.05) is 0 Å². The standard InChI is InChI=1S/C12H9F2N3O2/c1-17-5-7(11(15)18)10(16-12(17)19)6-2-3-8(13)9(14)4-6/h2-5H,1H3,(H2,15,18). The van der Waals surface area contributed by atoms with Gasteiger partial charge in [-0.15, -0.1) is 0 Å². The van der Waals surface area contributed by atoms with Gasteiger partial charge in [0.2, 0.25) is 0 Å². The number of primary amides is 1. The van der Waals surface area contributed by atoms with E-state index >= 15 is 0 Å². The molecule has 2 rings (SSSR count). The van der Waals surface area contributed by atoms with Gasteiger partial charge in [-0.25, -0.2) is 13.6 Å². The highest BCUT2D eigenvalue weighted by Gasteiger charge is 2.15. The molecule has 0 saturated carbocycles. The molecule has 7 heteroatoms. The van der Waals surface area contributed by atoms with Crippen LogP contribution in [0.5, 0.6) is 0 Å². The highest BCUT2D eigenvalue weighted by molar-refractivity contribution is 5.98. The first-order valence-corrected chi connectivity index (χ1v) is 5.23. The fraction of sp³-hybridized carbons (Fsp3) is 0.0833. The molecule has 1 amide bonds. The summed E-state index contributed by atoms with van der Waals surface area (Å²) in [4.78, 5) is 26.4. The maximum absolute atomic E-state index is 13.2. The third-order valence-corrected chi connectivity index (χ3v) is 2.55. The smallest absolute Gasteiger partial charge is 0.347 e. The number of amides is 1. The van der Waals surface area contributed by atoms with Gasteiger partial charge in [0.05, 0.1) is 11.3 Å². The van der Waals surface area contributed by atoms with Crippen LogP contribution in [0, 0.1) is 11.6 Å². The normalized spacial score (nSPS) is 10.5. The Kier molecular flexibility index (Phi) is 3.12. The number of aryl methyl sites for hydroxylation is 1. The average molecular weight is 265 g/mol. The molecule has 1 aromatic heterocycles. The lowest BCUT2D eigenvalue weighted by atomic mass is 10.1. The molecule has 98 valence electrons. The van der Waals surface area contributed by atoms with Crippen LogP contribution in [0.3, 0.4) is 0 Å². The number of carbonyl (C=O) groups is 1. The zero-order chi connectivity index (χ0) is 14.2. The van der Waals surface area contributed by atoms with Gasteiger partial charge in [-0.2, -0.15) is 4.98 Å². The number of rotatable bonds is 2. The molecule has 1 heterocycles. The summed E-state index contributed by atoms with van der Waals surface area (Å²) < 4.78 is 27.1. The molecule has 0 bridgehead atoms. The molecule has 5 nitrogen and oxygen atoms in total. The molecule has 19 heavy (non-hydrogen) atoms. The van der Waals surface area contributed by atoms with E-state index in [-0.39, 0.29) is 16.8 Å². The van der Waals surface area contributed by atoms with Crippen LogP contribution in [-0.2, 0) is 7.05 Å². The Morgan fingerprint density at radius 3 is 2.58 bits per heavy atom. The van der Waals surface area contributed by atoms with Crippen LogP contribution in [0.25, 0.3) is 11.3 Å². The summed E-state index contributed by atoms with van der Waals surface area (Å²) >= 11 is 0. The maximum atomic E-state index is 13.2. The molecule has 2 aromatic rings. The van der Waals surface area contributed by atoms with E-state index in [0.717, 1.165) is 16.7 Å². The topological polar surface area (TPSA) is 78.0 Å². The molecule has 0 aliphatic carbocycles. The van der Waals surface area contributed by atoms with Crippen LogP contribution < -0.4 is 11.4 Å². The number of nitrogens with zero attached hydrogens (tertiary/aromatic N) is 2. The average Bonchev–Trinajstić information content (AvgIpc) is 2.35. The lowest BCUT2D eigenvalue weighted by molar-refractivity contribution is 0.1000. The second-order valence-electron chi connectivity index (χ2n) is 3.89. The van der Waals surface area contributed by atoms with Crippen LogP contribution >= 0.6 is 0 Å². The Labute approximate surface area is 106 Å². The fourth-order valence-corrected chi connectivity index (χ4v) is 1.59. The molecule has 0 saturated heterocycles. The zero-order valence-corrected chi connectivity index (χ0v) is 9.85. The Morgan fingerprint density at radius 2 is 2.00 bits per heavy atom. The highest BCUT2D eigenvalue weighted by Crippen LogP contribution is 2.21. The van der Waals surface area contributed by atoms with E-state index in [1.54, 1.807) is 0 Å². The molecule has 0 fully saturated rings. The molecule has 0 spiro atoms. The molecular formula is C12H9F2N3O2. The number of benzene rings is 1. The van der Waals surface area contributed by atoms with Crippen LogP contribution in [-0.4, -0.2) is 15.5 Å². The Hall–Kier alpha value is -2.57. The van der Waals surface area contributed by atoms with Crippen molar-refractivity contribution >= 4 is 5.91 Å². The van der Waals surface area contributed by atoms with Gasteiger partial charge >= 0.3 is 5.69 Å². The Bertz CT molecular complexity index is 725. The van der Waals surface area contributed by atoms with Crippen LogP contribution in [0.1, 0.15) is 10.4 Å². The monoisotopic (exact) mass is 265 g/mol. The minimum absolute atomic E-state index is 0.0480. The van der Waals surface area contributed by atoms with Crippen molar-refractivity contribution in [3.63, 3.8) is 0 Å². The number of hydrogen-bond acceptors (Lipinski definition) is 3. The van der Waals surface area contributed by atoms with Crippen molar-refractivity contribution in [2.75, 3.05) is 0 Å². The van der Waals surface area contributed by atoms with Gasteiger partial charge in [0.25, 0.3) is 5.91 Å². The SMILES string of the molecule is Cn1cc(C(N)=O)c(-c2ccc(F)c(F)c2)nc1=O. The number of carbonyl (C=O) groups excluding carboxylic acids is 1. The van der Waals surface area contributed by atoms with Gasteiger partial charge in [-0.1, -0.05) is 0 Å². The van der Waals surface area contributed by atoms with Crippen molar-refractivity contribution in [2.45, 2.75) is 0 Å². The summed E-state index contributed by atoms with van der Waals surface area (Å²) in [6.45, 7) is 0. The van der Waals surface area contributed by atoms with Crippen molar-refractivity contribution in [3.8, 4) is 11.3 Å². The van der Waals surface area contributed by atoms with Crippen molar-refractivity contribution < 1.29 is 13.6 Å². The van der Waals surface area contributed by atoms with E-state index in [2.05, 4.69) is 4.98 Å². The van der Waals surface area contributed by atoms with E-state index in [1.165, 1.54) is 19.3 Å². The summed E-state index contributed by atoms with van der Waals surface area (Å²) in [6, 6.07) is 2.95. The van der Waals surface area contributed by atoms with Gasteiger partial charge in [0, 0.05) is 18.8 Å². The molecule has 0 unspecified atom stereocenters. The summed E-state index contributed by atoms with van der Waals surface area (Å²) in [6.07, 6.45) is 1.20. The summed E-state index contributed by atoms with van der Waals surface area (Å²) in [5.41, 5.74) is 4.52. The number of aromatic nitrogens is 2. The van der Waals surface area contributed by atoms with Gasteiger partial charge in [-0.3, -0.25) is 4.79 Å². The predicted octanol–water partition coefficient (Wildman–Crippen LogP) is 0.824. The van der Waals surface area contributed by atoms with Gasteiger partial charge < -0.3 is 10.3 Å². The number of nitrogens with two attached hydrogens (primary N) is 1. The fourth-order valence-electron chi connectivity index (χ4n) is 1.59. The van der Waals surface area contributed by atoms with E-state index in [9.17, 15) is 18.4 Å². The highest BCUT2D eigenvalue weighted by atomic mass is 19.2. The lowest BCUT2D eigenvalue weighted by Gasteiger charge is -2.07. The molecule has 1 aromatic carbocycles. The van der Waals surface area contributed by atoms with Gasteiger partial charge in [0.1, 0.15) is 0 Å². The summed E-state index contributed by atoms with van der Waals surface area (Å²) in [5, 5.41) is 0. The molecule has 0 radical (unpaired) electrons. The zero-order valence-electron chi connectivity index (χ0n) is 9.85. The third-order valence-electron chi connectivity index (χ3n) is 2.55. The Balaban J connectivity index is 2.73. The largest absolute Gasteiger partial charge is 0.365 e. The predicted molar refractivity (Wildman–Crippen MR) is 63.3 cm³/mol. The number of hydrogen-bond donors (Lipinski definition) is 1. The minimum Gasteiger partial charge on any atom is -0.365 e. The summed E-state index contributed by atoms with van der Waals surface area (Å²) in [5.74, 6) is -2.95. The molecule has 0 atom stereocenters. The van der Waals surface area contributed by atoms with Crippen molar-refractivity contribution in [3.05, 3.63) is 52.1 Å². The van der Waals surface area contributed by atoms with Crippen molar-refractivity contribution in [1.82, 2.24) is 9.55 Å². The third kappa shape index (κ3) is 2.35. The van der Waals surface area contributed by atoms with Crippen LogP contribution in [0.4, 0.5) is 8.78 Å². The second kappa shape index (κ2) is 4.60. The number of halogens is 2.